The van der Waals surface area contributed by atoms with Crippen LogP contribution in [0.1, 0.15) is 47.6 Å². The van der Waals surface area contributed by atoms with E-state index in [1.54, 1.807) is 10.7 Å². The number of carbonyl (C=O) groups is 1. The summed E-state index contributed by atoms with van der Waals surface area (Å²) in [6, 6.07) is 1.32. The smallest absolute Gasteiger partial charge is 0.243 e. The molecule has 36 heavy (non-hydrogen) atoms. The van der Waals surface area contributed by atoms with Crippen LogP contribution in [0.2, 0.25) is 0 Å². The third kappa shape index (κ3) is 5.84. The van der Waals surface area contributed by atoms with Crippen LogP contribution in [0.3, 0.4) is 0 Å². The predicted molar refractivity (Wildman–Crippen MR) is 142 cm³/mol. The van der Waals surface area contributed by atoms with E-state index in [0.717, 1.165) is 35.7 Å². The quantitative estimate of drug-likeness (QED) is 0.456. The summed E-state index contributed by atoms with van der Waals surface area (Å²) in [5.74, 6) is 1.39. The normalized spacial score (nSPS) is 16.6. The lowest BCUT2D eigenvalue weighted by atomic mass is 10.1. The summed E-state index contributed by atoms with van der Waals surface area (Å²) in [6.07, 6.45) is 5.21. The molecule has 0 bridgehead atoms. The van der Waals surface area contributed by atoms with Gasteiger partial charge in [0.15, 0.2) is 11.5 Å². The molecule has 1 atom stereocenters. The Labute approximate surface area is 216 Å². The number of aryl methyl sites for hydroxylation is 1. The third-order valence-electron chi connectivity index (χ3n) is 6.22. The maximum absolute atomic E-state index is 12.4. The summed E-state index contributed by atoms with van der Waals surface area (Å²) in [4.78, 5) is 31.8. The first kappa shape index (κ1) is 21.8. The number of nitrogens with two attached hydrogens (primary N) is 1. The van der Waals surface area contributed by atoms with E-state index in [9.17, 15) is 4.79 Å². The zero-order valence-electron chi connectivity index (χ0n) is 24.5. The second-order valence-electron chi connectivity index (χ2n) is 9.56. The molecule has 3 aromatic rings. The SMILES string of the molecule is [2H]C([2H])([2H])[C@H](CCC)Nc1nc(N)c2ncc(Cc3cnc(N4CCN(C(=O)CN(C)C)CC4)c(C)c3)n2n1. The monoisotopic (exact) mass is 497 g/mol. The molecule has 11 nitrogen and oxygen atoms in total. The largest absolute Gasteiger partial charge is 0.380 e. The molecule has 0 spiro atoms. The van der Waals surface area contributed by atoms with E-state index >= 15 is 0 Å². The summed E-state index contributed by atoms with van der Waals surface area (Å²) < 4.78 is 25.1. The van der Waals surface area contributed by atoms with Crippen molar-refractivity contribution in [2.75, 3.05) is 62.8 Å². The highest BCUT2D eigenvalue weighted by Crippen LogP contribution is 2.22. The first-order valence-electron chi connectivity index (χ1n) is 13.9. The molecule has 1 fully saturated rings. The van der Waals surface area contributed by atoms with E-state index in [0.29, 0.717) is 44.5 Å². The van der Waals surface area contributed by atoms with Crippen LogP contribution in [0.15, 0.2) is 18.5 Å². The Morgan fingerprint density at radius 3 is 2.69 bits per heavy atom. The summed E-state index contributed by atoms with van der Waals surface area (Å²) in [7, 11) is 3.80. The van der Waals surface area contributed by atoms with Gasteiger partial charge in [-0.1, -0.05) is 19.4 Å². The molecule has 4 heterocycles. The number of imidazole rings is 1. The van der Waals surface area contributed by atoms with Gasteiger partial charge in [-0.2, -0.15) is 4.98 Å². The number of hydrogen-bond acceptors (Lipinski definition) is 9. The Morgan fingerprint density at radius 1 is 1.25 bits per heavy atom. The molecule has 11 heteroatoms. The summed E-state index contributed by atoms with van der Waals surface area (Å²) in [6.45, 7) is 5.02. The van der Waals surface area contributed by atoms with Crippen LogP contribution in [0.5, 0.6) is 0 Å². The lowest BCUT2D eigenvalue weighted by molar-refractivity contribution is -0.132. The lowest BCUT2D eigenvalue weighted by Crippen LogP contribution is -2.51. The number of aromatic nitrogens is 5. The first-order valence-corrected chi connectivity index (χ1v) is 12.4. The molecule has 0 saturated carbocycles. The van der Waals surface area contributed by atoms with E-state index in [-0.39, 0.29) is 17.7 Å². The number of nitrogens with zero attached hydrogens (tertiary/aromatic N) is 8. The maximum Gasteiger partial charge on any atom is 0.243 e. The van der Waals surface area contributed by atoms with Crippen LogP contribution in [-0.4, -0.2) is 93.1 Å². The van der Waals surface area contributed by atoms with Crippen molar-refractivity contribution in [3.63, 3.8) is 0 Å². The Bertz CT molecular complexity index is 1300. The fraction of sp³-hybridized carbons (Fsp3) is 0.560. The Kier molecular flexibility index (Phi) is 6.70. The molecule has 3 aromatic heterocycles. The Balaban J connectivity index is 1.48. The molecule has 194 valence electrons. The minimum absolute atomic E-state index is 0.148. The summed E-state index contributed by atoms with van der Waals surface area (Å²) in [5.41, 5.74) is 9.37. The first-order chi connectivity index (χ1) is 18.5. The number of hydrogen-bond donors (Lipinski definition) is 2. The van der Waals surface area contributed by atoms with E-state index in [1.807, 2.05) is 43.9 Å². The second kappa shape index (κ2) is 11.1. The number of nitrogens with one attached hydrogen (secondary N) is 1. The molecule has 0 aliphatic carbocycles. The van der Waals surface area contributed by atoms with Crippen molar-refractivity contribution < 1.29 is 8.91 Å². The molecule has 3 N–H and O–H groups in total. The maximum atomic E-state index is 12.4. The fourth-order valence-electron chi connectivity index (χ4n) is 4.45. The lowest BCUT2D eigenvalue weighted by Gasteiger charge is -2.36. The van der Waals surface area contributed by atoms with Crippen LogP contribution < -0.4 is 16.0 Å². The number of nitrogen functional groups attached to an aromatic ring is 1. The number of carbonyl (C=O) groups excluding carboxylic acids is 1. The molecule has 0 unspecified atom stereocenters. The van der Waals surface area contributed by atoms with Crippen molar-refractivity contribution in [2.24, 2.45) is 0 Å². The third-order valence-corrected chi connectivity index (χ3v) is 6.22. The zero-order valence-corrected chi connectivity index (χ0v) is 21.5. The van der Waals surface area contributed by atoms with E-state index in [1.165, 1.54) is 0 Å². The summed E-state index contributed by atoms with van der Waals surface area (Å²) in [5, 5.41) is 7.47. The van der Waals surface area contributed by atoms with Crippen LogP contribution in [0.4, 0.5) is 17.6 Å². The van der Waals surface area contributed by atoms with Gasteiger partial charge in [0.05, 0.1) is 18.4 Å². The van der Waals surface area contributed by atoms with Gasteiger partial charge >= 0.3 is 0 Å². The number of fused-ring (bicyclic) bond motifs is 1. The van der Waals surface area contributed by atoms with E-state index in [2.05, 4.69) is 31.3 Å². The number of anilines is 3. The van der Waals surface area contributed by atoms with Crippen LogP contribution >= 0.6 is 0 Å². The van der Waals surface area contributed by atoms with Gasteiger partial charge in [-0.15, -0.1) is 5.10 Å². The molecule has 4 rings (SSSR count). The minimum atomic E-state index is -2.19. The number of amides is 1. The zero-order chi connectivity index (χ0) is 28.3. The van der Waals surface area contributed by atoms with Crippen molar-refractivity contribution >= 4 is 29.1 Å². The van der Waals surface area contributed by atoms with Crippen molar-refractivity contribution in [3.05, 3.63) is 35.3 Å². The standard InChI is InChI=1S/C25H38N10O/c1-6-7-18(3)29-25-30-22(26)24-28-15-20(35(24)31-25)13-19-12-17(2)23(27-14-19)34-10-8-33(9-11-34)21(36)16-32(4)5/h12,14-15,18H,6-11,13,16H2,1-5H3,(H3,26,29,30,31)/t18-/m1/s1/i3D3. The van der Waals surface area contributed by atoms with Crippen LogP contribution in [0.25, 0.3) is 5.65 Å². The highest BCUT2D eigenvalue weighted by molar-refractivity contribution is 5.78. The molecule has 1 aliphatic heterocycles. The van der Waals surface area contributed by atoms with Crippen LogP contribution in [-0.2, 0) is 11.2 Å². The average Bonchev–Trinajstić information content (AvgIpc) is 3.26. The topological polar surface area (TPSA) is 121 Å². The van der Waals surface area contributed by atoms with Crippen molar-refractivity contribution in [1.82, 2.24) is 34.4 Å². The Hall–Kier alpha value is -3.47. The van der Waals surface area contributed by atoms with Gasteiger partial charge in [-0.05, 0) is 45.4 Å². The second-order valence-corrected chi connectivity index (χ2v) is 9.56. The Morgan fingerprint density at radius 2 is 2.03 bits per heavy atom. The van der Waals surface area contributed by atoms with Gasteiger partial charge in [0.25, 0.3) is 0 Å². The highest BCUT2D eigenvalue weighted by atomic mass is 16.2. The van der Waals surface area contributed by atoms with Crippen LogP contribution in [0, 0.1) is 6.92 Å². The van der Waals surface area contributed by atoms with Gasteiger partial charge in [0.2, 0.25) is 11.9 Å². The summed E-state index contributed by atoms with van der Waals surface area (Å²) >= 11 is 0. The average molecular weight is 498 g/mol. The number of pyridine rings is 1. The predicted octanol–water partition coefficient (Wildman–Crippen LogP) is 1.81. The van der Waals surface area contributed by atoms with Gasteiger partial charge in [0, 0.05) is 49.0 Å². The molecular weight excluding hydrogens is 456 g/mol. The van der Waals surface area contributed by atoms with Gasteiger partial charge in [-0.25, -0.2) is 14.5 Å². The van der Waals surface area contributed by atoms with E-state index in [4.69, 9.17) is 14.8 Å². The van der Waals surface area contributed by atoms with Gasteiger partial charge < -0.3 is 25.8 Å². The number of rotatable bonds is 9. The highest BCUT2D eigenvalue weighted by Gasteiger charge is 2.23. The van der Waals surface area contributed by atoms with Gasteiger partial charge in [-0.3, -0.25) is 4.79 Å². The molecule has 0 radical (unpaired) electrons. The van der Waals surface area contributed by atoms with E-state index < -0.39 is 12.9 Å². The van der Waals surface area contributed by atoms with Crippen molar-refractivity contribution in [1.29, 1.82) is 0 Å². The minimum Gasteiger partial charge on any atom is -0.380 e. The fourth-order valence-corrected chi connectivity index (χ4v) is 4.45. The van der Waals surface area contributed by atoms with Crippen molar-refractivity contribution in [3.8, 4) is 0 Å². The number of likely N-dealkylation sites (N-methyl/N-ethyl adjacent to an activating group) is 1. The van der Waals surface area contributed by atoms with Crippen molar-refractivity contribution in [2.45, 2.75) is 46.0 Å². The van der Waals surface area contributed by atoms with Gasteiger partial charge in [0.1, 0.15) is 5.82 Å². The molecule has 1 amide bonds. The molecule has 1 saturated heterocycles. The number of piperazine rings is 1. The molecule has 0 aromatic carbocycles. The molecular formula is C25H38N10O. The molecule has 1 aliphatic rings.